The van der Waals surface area contributed by atoms with Crippen molar-refractivity contribution >= 4 is 22.8 Å². The summed E-state index contributed by atoms with van der Waals surface area (Å²) in [5, 5.41) is 3.31. The van der Waals surface area contributed by atoms with Crippen molar-refractivity contribution in [1.82, 2.24) is 19.5 Å². The van der Waals surface area contributed by atoms with Crippen LogP contribution in [0.2, 0.25) is 0 Å². The fourth-order valence-corrected chi connectivity index (χ4v) is 3.96. The van der Waals surface area contributed by atoms with Gasteiger partial charge in [-0.15, -0.1) is 0 Å². The van der Waals surface area contributed by atoms with Crippen molar-refractivity contribution < 1.29 is 13.9 Å². The molecule has 4 aromatic rings. The monoisotopic (exact) mass is 432 g/mol. The first-order valence-corrected chi connectivity index (χ1v) is 10.3. The van der Waals surface area contributed by atoms with E-state index in [1.807, 2.05) is 19.1 Å². The molecule has 0 saturated carbocycles. The van der Waals surface area contributed by atoms with Crippen LogP contribution in [0, 0.1) is 12.7 Å². The Morgan fingerprint density at radius 2 is 2.06 bits per heavy atom. The number of primary amides is 1. The number of ether oxygens (including phenoxy) is 1. The fraction of sp³-hybridized carbons (Fsp3) is 0.217. The van der Waals surface area contributed by atoms with Gasteiger partial charge in [-0.25, -0.2) is 9.37 Å². The number of amides is 1. The fourth-order valence-electron chi connectivity index (χ4n) is 3.96. The topological polar surface area (TPSA) is 108 Å². The second-order valence-electron chi connectivity index (χ2n) is 7.62. The SMILES string of the molecule is Cc1nc2c(C(N)=O)cccc2n1-c1nc(NCc2cccc(F)c2)c2c(n1)OCCC2. The highest BCUT2D eigenvalue weighted by atomic mass is 19.1. The molecular weight excluding hydrogens is 411 g/mol. The van der Waals surface area contributed by atoms with Crippen LogP contribution in [0.3, 0.4) is 0 Å². The van der Waals surface area contributed by atoms with E-state index < -0.39 is 5.91 Å². The molecule has 5 rings (SSSR count). The Labute approximate surface area is 183 Å². The van der Waals surface area contributed by atoms with Crippen LogP contribution in [0.15, 0.2) is 42.5 Å². The highest BCUT2D eigenvalue weighted by Crippen LogP contribution is 2.31. The van der Waals surface area contributed by atoms with E-state index in [2.05, 4.69) is 15.3 Å². The molecule has 0 unspecified atom stereocenters. The molecular formula is C23H21FN6O2. The summed E-state index contributed by atoms with van der Waals surface area (Å²) in [5.41, 5.74) is 8.71. The first-order valence-electron chi connectivity index (χ1n) is 10.3. The summed E-state index contributed by atoms with van der Waals surface area (Å²) in [4.78, 5) is 25.8. The number of para-hydroxylation sites is 1. The van der Waals surface area contributed by atoms with Crippen LogP contribution < -0.4 is 15.8 Å². The summed E-state index contributed by atoms with van der Waals surface area (Å²) in [6.45, 7) is 2.78. The number of carbonyl (C=O) groups excluding carboxylic acids is 1. The van der Waals surface area contributed by atoms with E-state index in [1.54, 1.807) is 22.8 Å². The van der Waals surface area contributed by atoms with Crippen LogP contribution in [0.1, 0.15) is 33.7 Å². The summed E-state index contributed by atoms with van der Waals surface area (Å²) in [6, 6.07) is 11.6. The number of nitrogens with two attached hydrogens (primary N) is 1. The second kappa shape index (κ2) is 7.92. The lowest BCUT2D eigenvalue weighted by Gasteiger charge is -2.21. The van der Waals surface area contributed by atoms with E-state index in [0.29, 0.717) is 53.2 Å². The van der Waals surface area contributed by atoms with Gasteiger partial charge in [-0.3, -0.25) is 9.36 Å². The van der Waals surface area contributed by atoms with Gasteiger partial charge < -0.3 is 15.8 Å². The van der Waals surface area contributed by atoms with Gasteiger partial charge in [0.15, 0.2) is 0 Å². The Morgan fingerprint density at radius 3 is 2.88 bits per heavy atom. The average Bonchev–Trinajstić information content (AvgIpc) is 3.13. The number of rotatable bonds is 5. The number of aryl methyl sites for hydroxylation is 1. The van der Waals surface area contributed by atoms with Gasteiger partial charge in [0.05, 0.1) is 23.3 Å². The molecule has 8 nitrogen and oxygen atoms in total. The molecule has 162 valence electrons. The number of imidazole rings is 1. The highest BCUT2D eigenvalue weighted by molar-refractivity contribution is 6.04. The average molecular weight is 432 g/mol. The van der Waals surface area contributed by atoms with Gasteiger partial charge in [0.2, 0.25) is 11.8 Å². The molecule has 0 radical (unpaired) electrons. The van der Waals surface area contributed by atoms with Crippen molar-refractivity contribution in [3.05, 3.63) is 70.8 Å². The Kier molecular flexibility index (Phi) is 4.93. The zero-order valence-electron chi connectivity index (χ0n) is 17.4. The Hall–Kier alpha value is -4.01. The Bertz CT molecular complexity index is 1350. The van der Waals surface area contributed by atoms with E-state index in [1.165, 1.54) is 12.1 Å². The lowest BCUT2D eigenvalue weighted by molar-refractivity contribution is 0.100. The summed E-state index contributed by atoms with van der Waals surface area (Å²) in [7, 11) is 0. The first kappa shape index (κ1) is 19.9. The summed E-state index contributed by atoms with van der Waals surface area (Å²) in [6.07, 6.45) is 1.63. The van der Waals surface area contributed by atoms with Crippen molar-refractivity contribution in [2.75, 3.05) is 11.9 Å². The minimum atomic E-state index is -0.549. The van der Waals surface area contributed by atoms with E-state index in [4.69, 9.17) is 15.5 Å². The molecule has 0 fully saturated rings. The van der Waals surface area contributed by atoms with E-state index in [0.717, 1.165) is 24.0 Å². The van der Waals surface area contributed by atoms with Gasteiger partial charge in [-0.2, -0.15) is 9.97 Å². The van der Waals surface area contributed by atoms with Gasteiger partial charge in [-0.05, 0) is 49.6 Å². The van der Waals surface area contributed by atoms with Crippen LogP contribution in [0.4, 0.5) is 10.2 Å². The minimum absolute atomic E-state index is 0.288. The maximum atomic E-state index is 13.6. The number of nitrogens with zero attached hydrogens (tertiary/aromatic N) is 4. The van der Waals surface area contributed by atoms with Crippen LogP contribution in [0.25, 0.3) is 17.0 Å². The number of hydrogen-bond acceptors (Lipinski definition) is 6. The Balaban J connectivity index is 1.61. The molecule has 0 atom stereocenters. The van der Waals surface area contributed by atoms with Crippen LogP contribution in [0.5, 0.6) is 5.88 Å². The van der Waals surface area contributed by atoms with Gasteiger partial charge >= 0.3 is 0 Å². The molecule has 3 N–H and O–H groups in total. The summed E-state index contributed by atoms with van der Waals surface area (Å²) < 4.78 is 21.2. The predicted molar refractivity (Wildman–Crippen MR) is 117 cm³/mol. The van der Waals surface area contributed by atoms with Crippen LogP contribution in [-0.4, -0.2) is 32.0 Å². The highest BCUT2D eigenvalue weighted by Gasteiger charge is 2.23. The lowest BCUT2D eigenvalue weighted by Crippen LogP contribution is -2.17. The van der Waals surface area contributed by atoms with Crippen molar-refractivity contribution in [2.45, 2.75) is 26.3 Å². The number of nitrogens with one attached hydrogen (secondary N) is 1. The second-order valence-corrected chi connectivity index (χ2v) is 7.62. The van der Waals surface area contributed by atoms with Crippen LogP contribution >= 0.6 is 0 Å². The maximum Gasteiger partial charge on any atom is 0.250 e. The zero-order chi connectivity index (χ0) is 22.2. The van der Waals surface area contributed by atoms with E-state index in [9.17, 15) is 9.18 Å². The van der Waals surface area contributed by atoms with Crippen molar-refractivity contribution in [3.63, 3.8) is 0 Å². The molecule has 1 aliphatic rings. The number of carbonyl (C=O) groups is 1. The molecule has 0 aliphatic carbocycles. The predicted octanol–water partition coefficient (Wildman–Crippen LogP) is 3.30. The number of halogens is 1. The third-order valence-corrected chi connectivity index (χ3v) is 5.43. The molecule has 0 saturated heterocycles. The van der Waals surface area contributed by atoms with E-state index >= 15 is 0 Å². The summed E-state index contributed by atoms with van der Waals surface area (Å²) >= 11 is 0. The van der Waals surface area contributed by atoms with Gasteiger partial charge in [0, 0.05) is 6.54 Å². The number of fused-ring (bicyclic) bond motifs is 2. The molecule has 0 bridgehead atoms. The minimum Gasteiger partial charge on any atom is -0.477 e. The molecule has 2 aromatic heterocycles. The molecule has 1 aliphatic heterocycles. The standard InChI is InChI=1S/C23H21FN6O2/c1-13-27-19-16(20(25)31)7-3-9-18(19)30(13)23-28-21(17-8-4-10-32-22(17)29-23)26-12-14-5-2-6-15(24)11-14/h2-3,5-7,9,11H,4,8,10,12H2,1H3,(H2,25,31)(H,26,28,29). The largest absolute Gasteiger partial charge is 0.477 e. The van der Waals surface area contributed by atoms with Gasteiger partial charge in [0.1, 0.15) is 23.0 Å². The van der Waals surface area contributed by atoms with Crippen molar-refractivity contribution in [2.24, 2.45) is 5.73 Å². The summed E-state index contributed by atoms with van der Waals surface area (Å²) in [5.74, 6) is 1.28. The number of benzene rings is 2. The Morgan fingerprint density at radius 1 is 1.22 bits per heavy atom. The third kappa shape index (κ3) is 3.51. The molecule has 1 amide bonds. The molecule has 9 heteroatoms. The van der Waals surface area contributed by atoms with Crippen molar-refractivity contribution in [1.29, 1.82) is 0 Å². The normalized spacial score (nSPS) is 12.9. The quantitative estimate of drug-likeness (QED) is 0.501. The molecule has 32 heavy (non-hydrogen) atoms. The lowest BCUT2D eigenvalue weighted by atomic mass is 10.1. The molecule has 0 spiro atoms. The van der Waals surface area contributed by atoms with Crippen LogP contribution in [-0.2, 0) is 13.0 Å². The molecule has 3 heterocycles. The maximum absolute atomic E-state index is 13.6. The number of anilines is 1. The number of aromatic nitrogens is 4. The smallest absolute Gasteiger partial charge is 0.250 e. The van der Waals surface area contributed by atoms with E-state index in [-0.39, 0.29) is 5.82 Å². The third-order valence-electron chi connectivity index (χ3n) is 5.43. The zero-order valence-corrected chi connectivity index (χ0v) is 17.4. The first-order chi connectivity index (χ1) is 15.5. The molecule has 2 aromatic carbocycles. The van der Waals surface area contributed by atoms with Gasteiger partial charge in [0.25, 0.3) is 5.91 Å². The number of hydrogen-bond donors (Lipinski definition) is 2. The van der Waals surface area contributed by atoms with Gasteiger partial charge in [-0.1, -0.05) is 18.2 Å². The van der Waals surface area contributed by atoms with Crippen molar-refractivity contribution in [3.8, 4) is 11.8 Å².